The van der Waals surface area contributed by atoms with Crippen molar-refractivity contribution in [2.24, 2.45) is 0 Å². The van der Waals surface area contributed by atoms with Gasteiger partial charge in [-0.3, -0.25) is 0 Å². The number of hydrogen-bond donors (Lipinski definition) is 1. The van der Waals surface area contributed by atoms with Crippen LogP contribution in [-0.2, 0) is 0 Å². The van der Waals surface area contributed by atoms with Gasteiger partial charge in [0, 0.05) is 0 Å². The van der Waals surface area contributed by atoms with Crippen LogP contribution < -0.4 is 0 Å². The van der Waals surface area contributed by atoms with Gasteiger partial charge in [0.05, 0.1) is 0 Å². The van der Waals surface area contributed by atoms with Gasteiger partial charge in [0.15, 0.2) is 5.16 Å². The maximum absolute atomic E-state index is 9.27. The molecule has 11 heavy (non-hydrogen) atoms. The fourth-order valence-corrected chi connectivity index (χ4v) is 3.10. The van der Waals surface area contributed by atoms with E-state index >= 15 is 0 Å². The van der Waals surface area contributed by atoms with Crippen molar-refractivity contribution in [3.63, 3.8) is 0 Å². The van der Waals surface area contributed by atoms with Crippen LogP contribution in [0, 0.1) is 0 Å². The molecule has 68 valence electrons. The second-order valence-corrected chi connectivity index (χ2v) is 10.4. The van der Waals surface area contributed by atoms with Gasteiger partial charge in [0.25, 0.3) is 0 Å². The largest absolute Gasteiger partial charge is 0.345 e. The van der Waals surface area contributed by atoms with Crippen LogP contribution in [0.25, 0.3) is 0 Å². The van der Waals surface area contributed by atoms with Gasteiger partial charge < -0.3 is 0 Å². The second-order valence-electron chi connectivity index (χ2n) is 2.54. The van der Waals surface area contributed by atoms with Gasteiger partial charge >= 0.3 is 6.19 Å². The van der Waals surface area contributed by atoms with Crippen molar-refractivity contribution in [2.45, 2.75) is 22.8 Å². The summed E-state index contributed by atoms with van der Waals surface area (Å²) in [7, 11) is 0. The van der Waals surface area contributed by atoms with Gasteiger partial charge in [-0.1, -0.05) is 34.8 Å². The lowest BCUT2D eigenvalue weighted by Crippen LogP contribution is -2.35. The van der Waals surface area contributed by atoms with E-state index in [0.717, 1.165) is 0 Å². The lowest BCUT2D eigenvalue weighted by Gasteiger charge is -2.29. The minimum atomic E-state index is -3.19. The molecule has 0 amide bonds. The molecule has 0 aromatic carbocycles. The number of rotatable bonds is 1. The van der Waals surface area contributed by atoms with E-state index in [4.69, 9.17) is 57.3 Å². The van der Waals surface area contributed by atoms with Crippen LogP contribution in [0.15, 0.2) is 0 Å². The van der Waals surface area contributed by atoms with E-state index in [1.54, 1.807) is 0 Å². The van der Waals surface area contributed by atoms with E-state index in [0.29, 0.717) is 0 Å². The molecule has 0 bridgehead atoms. The SMILES string of the molecule is CC(C)(C(Cl)(Cl)Cl)[P+](O)(Cl)Cl. The summed E-state index contributed by atoms with van der Waals surface area (Å²) >= 11 is 27.6. The van der Waals surface area contributed by atoms with Crippen molar-refractivity contribution in [3.8, 4) is 0 Å². The van der Waals surface area contributed by atoms with Crippen LogP contribution in [0.2, 0.25) is 0 Å². The molecule has 0 aliphatic carbocycles. The summed E-state index contributed by atoms with van der Waals surface area (Å²) in [6, 6.07) is 0. The highest BCUT2D eigenvalue weighted by molar-refractivity contribution is 8.14. The van der Waals surface area contributed by atoms with Crippen LogP contribution in [0.4, 0.5) is 0 Å². The lowest BCUT2D eigenvalue weighted by atomic mass is 10.2. The average molecular weight is 279 g/mol. The molecule has 0 unspecified atom stereocenters. The summed E-state index contributed by atoms with van der Waals surface area (Å²) in [6.07, 6.45) is -3.19. The zero-order valence-corrected chi connectivity index (χ0v) is 10.5. The van der Waals surface area contributed by atoms with E-state index in [2.05, 4.69) is 0 Å². The van der Waals surface area contributed by atoms with Gasteiger partial charge in [0.2, 0.25) is 3.79 Å². The van der Waals surface area contributed by atoms with Crippen LogP contribution in [-0.4, -0.2) is 13.8 Å². The number of hydrogen-bond acceptors (Lipinski definition) is 1. The molecule has 0 aromatic heterocycles. The van der Waals surface area contributed by atoms with Crippen LogP contribution in [0.5, 0.6) is 0 Å². The third-order valence-electron chi connectivity index (χ3n) is 1.37. The molecular formula is C4H7Cl5OP+. The third-order valence-corrected chi connectivity index (χ3v) is 7.39. The summed E-state index contributed by atoms with van der Waals surface area (Å²) < 4.78 is -1.67. The first kappa shape index (κ1) is 12.8. The Balaban J connectivity index is 4.75. The predicted molar refractivity (Wildman–Crippen MR) is 55.2 cm³/mol. The Morgan fingerprint density at radius 3 is 1.36 bits per heavy atom. The van der Waals surface area contributed by atoms with Gasteiger partial charge in [-0.05, 0) is 13.8 Å². The van der Waals surface area contributed by atoms with Crippen molar-refractivity contribution in [3.05, 3.63) is 0 Å². The summed E-state index contributed by atoms with van der Waals surface area (Å²) in [4.78, 5) is 9.27. The smallest absolute Gasteiger partial charge is 0.214 e. The Bertz CT molecular complexity index is 130. The minimum Gasteiger partial charge on any atom is -0.214 e. The van der Waals surface area contributed by atoms with Gasteiger partial charge in [-0.25, -0.2) is 4.89 Å². The molecule has 0 aliphatic rings. The predicted octanol–water partition coefficient (Wildman–Crippen LogP) is 4.37. The Morgan fingerprint density at radius 1 is 1.09 bits per heavy atom. The lowest BCUT2D eigenvalue weighted by molar-refractivity contribution is 0.571. The summed E-state index contributed by atoms with van der Waals surface area (Å²) in [5, 5.41) is -1.13. The van der Waals surface area contributed by atoms with Crippen molar-refractivity contribution in [2.75, 3.05) is 0 Å². The highest BCUT2D eigenvalue weighted by atomic mass is 35.9. The maximum atomic E-state index is 9.27. The van der Waals surface area contributed by atoms with Gasteiger partial charge in [0.1, 0.15) is 22.5 Å². The fraction of sp³-hybridized carbons (Fsp3) is 1.00. The molecule has 0 spiro atoms. The number of halogens is 5. The second kappa shape index (κ2) is 3.53. The quantitative estimate of drug-likeness (QED) is 0.558. The Hall–Kier alpha value is 1.84. The summed E-state index contributed by atoms with van der Waals surface area (Å²) in [6.45, 7) is 2.99. The first-order valence-electron chi connectivity index (χ1n) is 2.58. The standard InChI is InChI=1S/C4H7Cl5OP/c1-3(2,4(5,6)7)11(8,9)10/h10H,1-2H3/q+1. The van der Waals surface area contributed by atoms with Crippen molar-refractivity contribution in [1.29, 1.82) is 0 Å². The third kappa shape index (κ3) is 2.91. The molecule has 0 rings (SSSR count). The van der Waals surface area contributed by atoms with E-state index in [1.807, 2.05) is 0 Å². The van der Waals surface area contributed by atoms with Gasteiger partial charge in [-0.15, -0.1) is 0 Å². The van der Waals surface area contributed by atoms with E-state index in [9.17, 15) is 4.89 Å². The topological polar surface area (TPSA) is 20.2 Å². The van der Waals surface area contributed by atoms with E-state index in [1.165, 1.54) is 13.8 Å². The first-order valence-corrected chi connectivity index (χ1v) is 7.26. The van der Waals surface area contributed by atoms with Crippen molar-refractivity contribution >= 4 is 63.5 Å². The highest BCUT2D eigenvalue weighted by Gasteiger charge is 2.62. The summed E-state index contributed by atoms with van der Waals surface area (Å²) in [5.41, 5.74) is 0. The molecule has 0 radical (unpaired) electrons. The molecule has 1 N–H and O–H groups in total. The van der Waals surface area contributed by atoms with E-state index in [-0.39, 0.29) is 0 Å². The minimum absolute atomic E-state index is 1.13. The van der Waals surface area contributed by atoms with Crippen molar-refractivity contribution in [1.82, 2.24) is 0 Å². The highest BCUT2D eigenvalue weighted by Crippen LogP contribution is 2.78. The maximum Gasteiger partial charge on any atom is 0.345 e. The molecule has 1 nitrogen and oxygen atoms in total. The molecule has 0 saturated carbocycles. The van der Waals surface area contributed by atoms with Crippen LogP contribution in [0.3, 0.4) is 0 Å². The molecule has 0 fully saturated rings. The fourth-order valence-electron chi connectivity index (χ4n) is 0.153. The monoisotopic (exact) mass is 277 g/mol. The first-order chi connectivity index (χ1) is 4.50. The molecule has 0 heterocycles. The van der Waals surface area contributed by atoms with Crippen LogP contribution in [0.1, 0.15) is 13.8 Å². The number of alkyl halides is 3. The normalized spacial score (nSPS) is 15.3. The Morgan fingerprint density at radius 2 is 1.36 bits per heavy atom. The molecule has 0 atom stereocenters. The van der Waals surface area contributed by atoms with Crippen molar-refractivity contribution < 1.29 is 4.89 Å². The van der Waals surface area contributed by atoms with E-state index < -0.39 is 15.1 Å². The zero-order valence-electron chi connectivity index (χ0n) is 5.78. The molecule has 0 aliphatic heterocycles. The van der Waals surface area contributed by atoms with Crippen LogP contribution >= 0.6 is 63.5 Å². The Labute approximate surface area is 90.9 Å². The average Bonchev–Trinajstić information content (AvgIpc) is 1.58. The summed E-state index contributed by atoms with van der Waals surface area (Å²) in [5.74, 6) is 0. The zero-order chi connectivity index (χ0) is 9.50. The Kier molecular flexibility index (Phi) is 4.13. The molecular weight excluding hydrogens is 272 g/mol. The molecule has 0 saturated heterocycles. The molecule has 7 heteroatoms. The van der Waals surface area contributed by atoms with Gasteiger partial charge in [-0.2, -0.15) is 0 Å². The molecule has 0 aromatic rings.